The van der Waals surface area contributed by atoms with Crippen LogP contribution in [0.5, 0.6) is 0 Å². The Labute approximate surface area is 115 Å². The van der Waals surface area contributed by atoms with Gasteiger partial charge in [-0.25, -0.2) is 0 Å². The van der Waals surface area contributed by atoms with Gasteiger partial charge in [0.2, 0.25) is 5.91 Å². The number of nitrogens with zero attached hydrogens (tertiary/aromatic N) is 2. The highest BCUT2D eigenvalue weighted by molar-refractivity contribution is 6.00. The number of halogens is 3. The van der Waals surface area contributed by atoms with Crippen LogP contribution in [0, 0.1) is 0 Å². The number of carbonyl (C=O) groups excluding carboxylic acids is 2. The van der Waals surface area contributed by atoms with Gasteiger partial charge in [-0.05, 0) is 20.8 Å². The molecule has 1 saturated heterocycles. The summed E-state index contributed by atoms with van der Waals surface area (Å²) in [7, 11) is 0. The highest BCUT2D eigenvalue weighted by atomic mass is 19.4. The van der Waals surface area contributed by atoms with Crippen molar-refractivity contribution in [2.75, 3.05) is 19.8 Å². The van der Waals surface area contributed by atoms with E-state index in [0.29, 0.717) is 10.5 Å². The van der Waals surface area contributed by atoms with Crippen LogP contribution < -0.4 is 0 Å². The largest absolute Gasteiger partial charge is 0.406 e. The number of carbonyl (C=O) groups is 2. The second kappa shape index (κ2) is 6.11. The monoisotopic (exact) mass is 290 g/mol. The molecule has 4 nitrogen and oxygen atoms in total. The molecule has 20 heavy (non-hydrogen) atoms. The van der Waals surface area contributed by atoms with Gasteiger partial charge in [0.15, 0.2) is 0 Å². The summed E-state index contributed by atoms with van der Waals surface area (Å²) in [5.41, 5.74) is 1.14. The molecular formula is C13H17F3N2O2. The number of alkyl halides is 3. The Kier molecular flexibility index (Phi) is 4.97. The van der Waals surface area contributed by atoms with Crippen molar-refractivity contribution in [1.82, 2.24) is 9.80 Å². The van der Waals surface area contributed by atoms with E-state index in [1.165, 1.54) is 0 Å². The van der Waals surface area contributed by atoms with Gasteiger partial charge in [0.1, 0.15) is 13.1 Å². The molecule has 0 unspecified atom stereocenters. The second-order valence-corrected chi connectivity index (χ2v) is 4.77. The fraction of sp³-hybridized carbons (Fsp3) is 0.538. The van der Waals surface area contributed by atoms with Crippen LogP contribution >= 0.6 is 0 Å². The lowest BCUT2D eigenvalue weighted by atomic mass is 10.1. The molecule has 0 radical (unpaired) electrons. The van der Waals surface area contributed by atoms with E-state index in [1.807, 2.05) is 0 Å². The maximum Gasteiger partial charge on any atom is 0.406 e. The third kappa shape index (κ3) is 4.11. The molecule has 1 fully saturated rings. The highest BCUT2D eigenvalue weighted by Gasteiger charge is 2.39. The molecule has 0 N–H and O–H groups in total. The van der Waals surface area contributed by atoms with Crippen LogP contribution in [0.4, 0.5) is 13.2 Å². The van der Waals surface area contributed by atoms with Crippen LogP contribution in [0.15, 0.2) is 23.3 Å². The number of amides is 2. The van der Waals surface area contributed by atoms with Gasteiger partial charge < -0.3 is 9.80 Å². The first-order valence-corrected chi connectivity index (χ1v) is 6.09. The summed E-state index contributed by atoms with van der Waals surface area (Å²) < 4.78 is 36.9. The molecule has 0 saturated carbocycles. The standard InChI is InChI=1S/C13H17F3N2O2/c1-4-5-10(9(2)3)12(20)17-6-11(19)18(8-17)7-13(14,15)16/h4-5H,6-8H2,1-3H3. The van der Waals surface area contributed by atoms with Gasteiger partial charge >= 0.3 is 6.18 Å². The number of hydrogen-bond donors (Lipinski definition) is 0. The van der Waals surface area contributed by atoms with Crippen molar-refractivity contribution in [3.8, 4) is 0 Å². The van der Waals surface area contributed by atoms with Crippen molar-refractivity contribution in [2.24, 2.45) is 0 Å². The van der Waals surface area contributed by atoms with Crippen molar-refractivity contribution in [3.63, 3.8) is 0 Å². The Morgan fingerprint density at radius 2 is 1.95 bits per heavy atom. The zero-order valence-electron chi connectivity index (χ0n) is 11.6. The zero-order chi connectivity index (χ0) is 15.5. The second-order valence-electron chi connectivity index (χ2n) is 4.77. The molecule has 1 heterocycles. The van der Waals surface area contributed by atoms with Crippen LogP contribution in [0.3, 0.4) is 0 Å². The molecule has 2 amide bonds. The van der Waals surface area contributed by atoms with E-state index in [0.717, 1.165) is 10.5 Å². The molecule has 0 aliphatic carbocycles. The predicted octanol–water partition coefficient (Wildman–Crippen LogP) is 2.09. The third-order valence-corrected chi connectivity index (χ3v) is 2.78. The van der Waals surface area contributed by atoms with Crippen molar-refractivity contribution < 1.29 is 22.8 Å². The SMILES string of the molecule is CC=CC(C(=O)N1CC(=O)N(CC(F)(F)F)C1)=C(C)C. The first kappa shape index (κ1) is 16.3. The quantitative estimate of drug-likeness (QED) is 0.590. The average Bonchev–Trinajstić information content (AvgIpc) is 2.64. The van der Waals surface area contributed by atoms with Crippen molar-refractivity contribution in [3.05, 3.63) is 23.3 Å². The minimum atomic E-state index is -4.46. The van der Waals surface area contributed by atoms with E-state index < -0.39 is 24.5 Å². The summed E-state index contributed by atoms with van der Waals surface area (Å²) in [6.07, 6.45) is -1.20. The lowest BCUT2D eigenvalue weighted by molar-refractivity contribution is -0.157. The fourth-order valence-corrected chi connectivity index (χ4v) is 1.88. The Hall–Kier alpha value is -1.79. The van der Waals surface area contributed by atoms with E-state index in [4.69, 9.17) is 0 Å². The normalized spacial score (nSPS) is 16.2. The topological polar surface area (TPSA) is 40.6 Å². The maximum absolute atomic E-state index is 12.3. The number of hydrogen-bond acceptors (Lipinski definition) is 2. The molecule has 1 aliphatic rings. The van der Waals surface area contributed by atoms with E-state index in [2.05, 4.69) is 0 Å². The summed E-state index contributed by atoms with van der Waals surface area (Å²) in [6, 6.07) is 0. The summed E-state index contributed by atoms with van der Waals surface area (Å²) in [5, 5.41) is 0. The first-order chi connectivity index (χ1) is 9.15. The van der Waals surface area contributed by atoms with Gasteiger partial charge in [0, 0.05) is 5.57 Å². The predicted molar refractivity (Wildman–Crippen MR) is 67.5 cm³/mol. The molecule has 0 aromatic heterocycles. The summed E-state index contributed by atoms with van der Waals surface area (Å²) >= 11 is 0. The minimum absolute atomic E-state index is 0.316. The third-order valence-electron chi connectivity index (χ3n) is 2.78. The smallest absolute Gasteiger partial charge is 0.314 e. The number of allylic oxidation sites excluding steroid dienone is 2. The molecule has 1 rings (SSSR count). The lowest BCUT2D eigenvalue weighted by Crippen LogP contribution is -2.37. The Morgan fingerprint density at radius 1 is 1.35 bits per heavy atom. The fourth-order valence-electron chi connectivity index (χ4n) is 1.88. The van der Waals surface area contributed by atoms with E-state index in [9.17, 15) is 22.8 Å². The van der Waals surface area contributed by atoms with Crippen LogP contribution in [-0.4, -0.2) is 47.5 Å². The van der Waals surface area contributed by atoms with Crippen molar-refractivity contribution in [1.29, 1.82) is 0 Å². The molecule has 0 atom stereocenters. The Balaban J connectivity index is 2.83. The summed E-state index contributed by atoms with van der Waals surface area (Å²) in [4.78, 5) is 25.5. The van der Waals surface area contributed by atoms with Gasteiger partial charge in [-0.3, -0.25) is 9.59 Å². The Bertz CT molecular complexity index is 463. The van der Waals surface area contributed by atoms with Crippen LogP contribution in [-0.2, 0) is 9.59 Å². The first-order valence-electron chi connectivity index (χ1n) is 6.09. The van der Waals surface area contributed by atoms with Crippen LogP contribution in [0.1, 0.15) is 20.8 Å². The summed E-state index contributed by atoms with van der Waals surface area (Å²) in [6.45, 7) is 3.23. The lowest BCUT2D eigenvalue weighted by Gasteiger charge is -2.20. The van der Waals surface area contributed by atoms with Crippen molar-refractivity contribution >= 4 is 11.8 Å². The minimum Gasteiger partial charge on any atom is -0.314 e. The molecule has 0 aromatic carbocycles. The van der Waals surface area contributed by atoms with Crippen molar-refractivity contribution in [2.45, 2.75) is 26.9 Å². The highest BCUT2D eigenvalue weighted by Crippen LogP contribution is 2.21. The maximum atomic E-state index is 12.3. The summed E-state index contributed by atoms with van der Waals surface area (Å²) in [5.74, 6) is -1.12. The molecule has 0 bridgehead atoms. The van der Waals surface area contributed by atoms with Gasteiger partial charge in [0.05, 0.1) is 6.67 Å². The molecular weight excluding hydrogens is 273 g/mol. The van der Waals surface area contributed by atoms with Gasteiger partial charge in [-0.15, -0.1) is 0 Å². The molecule has 7 heteroatoms. The van der Waals surface area contributed by atoms with Gasteiger partial charge in [0.25, 0.3) is 5.91 Å². The Morgan fingerprint density at radius 3 is 2.40 bits per heavy atom. The van der Waals surface area contributed by atoms with Crippen LogP contribution in [0.25, 0.3) is 0 Å². The van der Waals surface area contributed by atoms with Crippen LogP contribution in [0.2, 0.25) is 0 Å². The van der Waals surface area contributed by atoms with E-state index >= 15 is 0 Å². The van der Waals surface area contributed by atoms with E-state index in [-0.39, 0.29) is 13.2 Å². The van der Waals surface area contributed by atoms with E-state index in [1.54, 1.807) is 32.9 Å². The average molecular weight is 290 g/mol. The zero-order valence-corrected chi connectivity index (χ0v) is 11.6. The molecule has 0 spiro atoms. The molecule has 112 valence electrons. The van der Waals surface area contributed by atoms with Gasteiger partial charge in [-0.1, -0.05) is 17.7 Å². The molecule has 1 aliphatic heterocycles. The van der Waals surface area contributed by atoms with Gasteiger partial charge in [-0.2, -0.15) is 13.2 Å². The molecule has 0 aromatic rings. The number of rotatable bonds is 3.